The van der Waals surface area contributed by atoms with Crippen LogP contribution in [0.2, 0.25) is 0 Å². The maximum Gasteiger partial charge on any atom is 0.161 e. The highest BCUT2D eigenvalue weighted by Crippen LogP contribution is 2.23. The fourth-order valence-electron chi connectivity index (χ4n) is 1.86. The van der Waals surface area contributed by atoms with E-state index in [0.29, 0.717) is 11.4 Å². The lowest BCUT2D eigenvalue weighted by Crippen LogP contribution is -2.10. The first-order chi connectivity index (χ1) is 8.37. The molecule has 1 aromatic carbocycles. The van der Waals surface area contributed by atoms with Crippen LogP contribution in [0.3, 0.4) is 0 Å². The van der Waals surface area contributed by atoms with E-state index in [4.69, 9.17) is 0 Å². The fourth-order valence-corrected chi connectivity index (χ4v) is 1.86. The molecule has 0 fully saturated rings. The zero-order chi connectivity index (χ0) is 13.3. The summed E-state index contributed by atoms with van der Waals surface area (Å²) in [6.45, 7) is 6.39. The normalized spacial score (nSPS) is 11.8. The number of benzene rings is 1. The molecule has 4 heteroatoms. The topological polar surface area (TPSA) is 30.7 Å². The minimum atomic E-state index is -0.268. The summed E-state index contributed by atoms with van der Waals surface area (Å²) in [5.41, 5.74) is 0.612. The zero-order valence-electron chi connectivity index (χ0n) is 11.2. The molecule has 0 bridgehead atoms. The number of hydrogen-bond donors (Lipinski definition) is 0. The zero-order valence-corrected chi connectivity index (χ0v) is 11.2. The van der Waals surface area contributed by atoms with Crippen LogP contribution in [-0.4, -0.2) is 14.8 Å². The van der Waals surface area contributed by atoms with Crippen molar-refractivity contribution in [2.24, 2.45) is 12.5 Å². The summed E-state index contributed by atoms with van der Waals surface area (Å²) in [4.78, 5) is 4.44. The van der Waals surface area contributed by atoms with Crippen LogP contribution in [0.4, 0.5) is 4.39 Å². The maximum atomic E-state index is 13.7. The van der Waals surface area contributed by atoms with E-state index in [1.54, 1.807) is 29.9 Å². The quantitative estimate of drug-likeness (QED) is 0.815. The SMILES string of the molecule is Cn1nc(CC(C)(C)C)nc1-c1ccccc1F. The van der Waals surface area contributed by atoms with Crippen molar-refractivity contribution >= 4 is 0 Å². The summed E-state index contributed by atoms with van der Waals surface area (Å²) in [5, 5.41) is 4.35. The molecule has 0 amide bonds. The Morgan fingerprint density at radius 2 is 1.89 bits per heavy atom. The van der Waals surface area contributed by atoms with Gasteiger partial charge in [-0.05, 0) is 17.5 Å². The van der Waals surface area contributed by atoms with Crippen LogP contribution in [0.25, 0.3) is 11.4 Å². The Kier molecular flexibility index (Phi) is 3.20. The minimum Gasteiger partial charge on any atom is -0.249 e. The van der Waals surface area contributed by atoms with Crippen LogP contribution < -0.4 is 0 Å². The second-order valence-electron chi connectivity index (χ2n) is 5.69. The van der Waals surface area contributed by atoms with Gasteiger partial charge in [-0.1, -0.05) is 32.9 Å². The second-order valence-corrected chi connectivity index (χ2v) is 5.69. The van der Waals surface area contributed by atoms with Crippen LogP contribution >= 0.6 is 0 Å². The van der Waals surface area contributed by atoms with Crippen molar-refractivity contribution < 1.29 is 4.39 Å². The number of halogens is 1. The van der Waals surface area contributed by atoms with Crippen LogP contribution in [0, 0.1) is 11.2 Å². The van der Waals surface area contributed by atoms with Gasteiger partial charge in [0.25, 0.3) is 0 Å². The molecule has 2 rings (SSSR count). The molecule has 0 aliphatic rings. The van der Waals surface area contributed by atoms with Gasteiger partial charge in [0.05, 0.1) is 5.56 Å². The van der Waals surface area contributed by atoms with E-state index in [9.17, 15) is 4.39 Å². The van der Waals surface area contributed by atoms with E-state index in [0.717, 1.165) is 12.2 Å². The molecule has 0 saturated carbocycles. The average Bonchev–Trinajstić information content (AvgIpc) is 2.57. The van der Waals surface area contributed by atoms with Gasteiger partial charge < -0.3 is 0 Å². The van der Waals surface area contributed by atoms with Gasteiger partial charge in [-0.15, -0.1) is 0 Å². The lowest BCUT2D eigenvalue weighted by molar-refractivity contribution is 0.400. The van der Waals surface area contributed by atoms with Gasteiger partial charge in [0.15, 0.2) is 11.6 Å². The summed E-state index contributed by atoms with van der Waals surface area (Å²) in [6.07, 6.45) is 0.773. The van der Waals surface area contributed by atoms with Gasteiger partial charge >= 0.3 is 0 Å². The second kappa shape index (κ2) is 4.52. The molecule has 1 aromatic heterocycles. The molecule has 2 aromatic rings. The molecule has 0 aliphatic carbocycles. The summed E-state index contributed by atoms with van der Waals surface area (Å²) >= 11 is 0. The molecule has 0 saturated heterocycles. The number of aryl methyl sites for hydroxylation is 1. The number of nitrogens with zero attached hydrogens (tertiary/aromatic N) is 3. The molecule has 1 heterocycles. The fraction of sp³-hybridized carbons (Fsp3) is 0.429. The highest BCUT2D eigenvalue weighted by atomic mass is 19.1. The molecule has 96 valence electrons. The lowest BCUT2D eigenvalue weighted by atomic mass is 9.92. The van der Waals surface area contributed by atoms with Gasteiger partial charge in [0, 0.05) is 13.5 Å². The predicted molar refractivity (Wildman–Crippen MR) is 69.6 cm³/mol. The highest BCUT2D eigenvalue weighted by molar-refractivity contribution is 5.55. The van der Waals surface area contributed by atoms with Crippen molar-refractivity contribution in [1.82, 2.24) is 14.8 Å². The Labute approximate surface area is 107 Å². The first-order valence-corrected chi connectivity index (χ1v) is 6.02. The van der Waals surface area contributed by atoms with Gasteiger partial charge in [-0.25, -0.2) is 14.1 Å². The first kappa shape index (κ1) is 12.7. The first-order valence-electron chi connectivity index (χ1n) is 6.02. The van der Waals surface area contributed by atoms with E-state index in [-0.39, 0.29) is 11.2 Å². The van der Waals surface area contributed by atoms with E-state index in [1.165, 1.54) is 6.07 Å². The molecule has 0 atom stereocenters. The van der Waals surface area contributed by atoms with Gasteiger partial charge in [0.1, 0.15) is 5.82 Å². The summed E-state index contributed by atoms with van der Waals surface area (Å²) < 4.78 is 15.4. The highest BCUT2D eigenvalue weighted by Gasteiger charge is 2.18. The Balaban J connectivity index is 2.39. The van der Waals surface area contributed by atoms with Gasteiger partial charge in [-0.3, -0.25) is 0 Å². The van der Waals surface area contributed by atoms with Crippen molar-refractivity contribution in [3.05, 3.63) is 35.9 Å². The molecule has 0 radical (unpaired) electrons. The van der Waals surface area contributed by atoms with Crippen LogP contribution in [0.1, 0.15) is 26.6 Å². The standard InChI is InChI=1S/C14H18FN3/c1-14(2,3)9-12-16-13(18(4)17-12)10-7-5-6-8-11(10)15/h5-8H,9H2,1-4H3. The average molecular weight is 247 g/mol. The monoisotopic (exact) mass is 247 g/mol. The Morgan fingerprint density at radius 3 is 2.50 bits per heavy atom. The van der Waals surface area contributed by atoms with E-state index in [2.05, 4.69) is 30.9 Å². The van der Waals surface area contributed by atoms with Crippen molar-refractivity contribution in [3.63, 3.8) is 0 Å². The third-order valence-electron chi connectivity index (χ3n) is 2.61. The molecule has 3 nitrogen and oxygen atoms in total. The maximum absolute atomic E-state index is 13.7. The molecule has 0 spiro atoms. The van der Waals surface area contributed by atoms with Crippen molar-refractivity contribution in [3.8, 4) is 11.4 Å². The third kappa shape index (κ3) is 2.75. The van der Waals surface area contributed by atoms with Crippen LogP contribution in [0.5, 0.6) is 0 Å². The van der Waals surface area contributed by atoms with Crippen molar-refractivity contribution in [1.29, 1.82) is 0 Å². The lowest BCUT2D eigenvalue weighted by Gasteiger charge is -2.14. The number of rotatable bonds is 2. The molecular weight excluding hydrogens is 229 g/mol. The Hall–Kier alpha value is -1.71. The van der Waals surface area contributed by atoms with Crippen molar-refractivity contribution in [2.75, 3.05) is 0 Å². The van der Waals surface area contributed by atoms with E-state index in [1.807, 2.05) is 0 Å². The smallest absolute Gasteiger partial charge is 0.161 e. The Bertz CT molecular complexity index is 552. The molecule has 0 N–H and O–H groups in total. The Morgan fingerprint density at radius 1 is 1.22 bits per heavy atom. The van der Waals surface area contributed by atoms with Crippen LogP contribution in [0.15, 0.2) is 24.3 Å². The molecule has 0 aliphatic heterocycles. The van der Waals surface area contributed by atoms with Crippen LogP contribution in [-0.2, 0) is 13.5 Å². The van der Waals surface area contributed by atoms with Gasteiger partial charge in [0.2, 0.25) is 0 Å². The van der Waals surface area contributed by atoms with E-state index < -0.39 is 0 Å². The summed E-state index contributed by atoms with van der Waals surface area (Å²) in [7, 11) is 1.79. The number of hydrogen-bond acceptors (Lipinski definition) is 2. The van der Waals surface area contributed by atoms with Crippen molar-refractivity contribution in [2.45, 2.75) is 27.2 Å². The molecule has 18 heavy (non-hydrogen) atoms. The minimum absolute atomic E-state index is 0.119. The van der Waals surface area contributed by atoms with Gasteiger partial charge in [-0.2, -0.15) is 5.10 Å². The summed E-state index contributed by atoms with van der Waals surface area (Å²) in [6, 6.07) is 6.63. The predicted octanol–water partition coefficient (Wildman–Crippen LogP) is 3.21. The van der Waals surface area contributed by atoms with E-state index >= 15 is 0 Å². The largest absolute Gasteiger partial charge is 0.249 e. The third-order valence-corrected chi connectivity index (χ3v) is 2.61. The molecular formula is C14H18FN3. The number of aromatic nitrogens is 3. The molecule has 0 unspecified atom stereocenters. The summed E-state index contributed by atoms with van der Waals surface area (Å²) in [5.74, 6) is 1.06.